The molecule has 0 aliphatic carbocycles. The standard InChI is InChI=1S/C21H23N5O4.C7H10O2.C5H12.C4H10/c1-14-4-6-15(7-5-14)22-24-18-12-21(30-3)19(13-20(18)29-2)25-23-16-8-10-17(11-9-16)26(27)28;1-3-7(9)5-4-6(2)8;1-3-5-4-2;1-3-4-2/h4-13,22-25H,1-3H3;4-5H,3H2,1-2H3;3-5H2,1-2H3;3-4H2,1-2H3/b;5-4-;;. The van der Waals surface area contributed by atoms with E-state index < -0.39 is 4.92 Å². The first-order chi connectivity index (χ1) is 23.0. The van der Waals surface area contributed by atoms with Crippen LogP contribution in [0.2, 0.25) is 0 Å². The molecule has 0 radical (unpaired) electrons. The molecule has 0 aromatic heterocycles. The minimum Gasteiger partial charge on any atom is -0.494 e. The topological polar surface area (TPSA) is 144 Å². The molecule has 0 fully saturated rings. The van der Waals surface area contributed by atoms with E-state index in [1.807, 2.05) is 31.2 Å². The van der Waals surface area contributed by atoms with Gasteiger partial charge in [-0.05, 0) is 50.3 Å². The number of aryl methyl sites for hydroxylation is 1. The van der Waals surface area contributed by atoms with Gasteiger partial charge in [-0.3, -0.25) is 30.6 Å². The van der Waals surface area contributed by atoms with Crippen LogP contribution in [0, 0.1) is 17.0 Å². The molecule has 0 aliphatic rings. The first-order valence-corrected chi connectivity index (χ1v) is 16.3. The summed E-state index contributed by atoms with van der Waals surface area (Å²) in [5.41, 5.74) is 16.4. The summed E-state index contributed by atoms with van der Waals surface area (Å²) in [7, 11) is 3.14. The van der Waals surface area contributed by atoms with Crippen LogP contribution in [0.1, 0.15) is 85.6 Å². The van der Waals surface area contributed by atoms with Crippen molar-refractivity contribution in [2.75, 3.05) is 35.9 Å². The van der Waals surface area contributed by atoms with Crippen molar-refractivity contribution >= 4 is 40.0 Å². The number of nitro groups is 1. The van der Waals surface area contributed by atoms with Gasteiger partial charge in [0.25, 0.3) is 5.69 Å². The van der Waals surface area contributed by atoms with Gasteiger partial charge in [0.2, 0.25) is 0 Å². The van der Waals surface area contributed by atoms with Crippen LogP contribution in [-0.2, 0) is 9.59 Å². The number of anilines is 4. The van der Waals surface area contributed by atoms with Crippen molar-refractivity contribution in [2.45, 2.75) is 87.0 Å². The molecule has 3 aromatic carbocycles. The smallest absolute Gasteiger partial charge is 0.269 e. The fourth-order valence-electron chi connectivity index (χ4n) is 3.36. The predicted octanol–water partition coefficient (Wildman–Crippen LogP) is 9.91. The summed E-state index contributed by atoms with van der Waals surface area (Å²) in [4.78, 5) is 31.0. The van der Waals surface area contributed by atoms with Crippen molar-refractivity contribution in [3.63, 3.8) is 0 Å². The minimum absolute atomic E-state index is 0.00907. The van der Waals surface area contributed by atoms with Gasteiger partial charge in [-0.1, -0.05) is 84.4 Å². The number of methoxy groups -OCH3 is 2. The summed E-state index contributed by atoms with van der Waals surface area (Å²) < 4.78 is 11.0. The van der Waals surface area contributed by atoms with Gasteiger partial charge in [-0.15, -0.1) is 0 Å². The Balaban J connectivity index is 0.00000101. The molecule has 0 heterocycles. The maximum atomic E-state index is 10.8. The third-order valence-corrected chi connectivity index (χ3v) is 6.39. The molecule has 0 unspecified atom stereocenters. The molecule has 3 rings (SSSR count). The quantitative estimate of drug-likeness (QED) is 0.0703. The minimum atomic E-state index is -0.443. The van der Waals surface area contributed by atoms with E-state index >= 15 is 0 Å². The lowest BCUT2D eigenvalue weighted by molar-refractivity contribution is -0.384. The highest BCUT2D eigenvalue weighted by Crippen LogP contribution is 2.36. The molecule has 0 aliphatic heterocycles. The van der Waals surface area contributed by atoms with Crippen LogP contribution in [0.4, 0.5) is 28.4 Å². The van der Waals surface area contributed by atoms with Crippen molar-refractivity contribution in [2.24, 2.45) is 0 Å². The molecule has 0 bridgehead atoms. The monoisotopic (exact) mass is 665 g/mol. The van der Waals surface area contributed by atoms with E-state index in [1.54, 1.807) is 45.4 Å². The van der Waals surface area contributed by atoms with Crippen molar-refractivity contribution in [3.05, 3.63) is 88.5 Å². The van der Waals surface area contributed by atoms with Crippen molar-refractivity contribution in [1.29, 1.82) is 0 Å². The van der Waals surface area contributed by atoms with Crippen LogP contribution >= 0.6 is 0 Å². The Hall–Kier alpha value is -5.06. The Labute approximate surface area is 286 Å². The number of nitro benzene ring substituents is 1. The zero-order valence-corrected chi connectivity index (χ0v) is 30.1. The Morgan fingerprint density at radius 1 is 0.708 bits per heavy atom. The van der Waals surface area contributed by atoms with Gasteiger partial charge in [0.15, 0.2) is 11.6 Å². The van der Waals surface area contributed by atoms with E-state index in [1.165, 1.54) is 68.9 Å². The van der Waals surface area contributed by atoms with Gasteiger partial charge >= 0.3 is 0 Å². The van der Waals surface area contributed by atoms with Crippen molar-refractivity contribution in [3.8, 4) is 11.5 Å². The highest BCUT2D eigenvalue weighted by molar-refractivity contribution is 5.97. The van der Waals surface area contributed by atoms with Gasteiger partial charge < -0.3 is 20.3 Å². The van der Waals surface area contributed by atoms with E-state index in [0.29, 0.717) is 35.0 Å². The zero-order chi connectivity index (χ0) is 36.3. The van der Waals surface area contributed by atoms with Crippen LogP contribution in [-0.4, -0.2) is 30.7 Å². The van der Waals surface area contributed by atoms with E-state index in [4.69, 9.17) is 9.47 Å². The number of rotatable bonds is 15. The second-order valence-corrected chi connectivity index (χ2v) is 10.5. The zero-order valence-electron chi connectivity index (χ0n) is 30.1. The molecule has 0 spiro atoms. The maximum absolute atomic E-state index is 10.8. The molecular weight excluding hydrogens is 610 g/mol. The van der Waals surface area contributed by atoms with E-state index in [9.17, 15) is 19.7 Å². The molecule has 0 amide bonds. The van der Waals surface area contributed by atoms with Crippen molar-refractivity contribution < 1.29 is 24.0 Å². The maximum Gasteiger partial charge on any atom is 0.269 e. The number of hydrogen-bond acceptors (Lipinski definition) is 10. The number of carbonyl (C=O) groups excluding carboxylic acids is 2. The van der Waals surface area contributed by atoms with Crippen LogP contribution in [0.15, 0.2) is 72.8 Å². The Morgan fingerprint density at radius 2 is 1.15 bits per heavy atom. The number of unbranched alkanes of at least 4 members (excludes halogenated alkanes) is 3. The highest BCUT2D eigenvalue weighted by Gasteiger charge is 2.12. The van der Waals surface area contributed by atoms with Gasteiger partial charge in [0, 0.05) is 30.7 Å². The number of carbonyl (C=O) groups is 2. The number of hydrazine groups is 2. The molecule has 0 saturated heterocycles. The highest BCUT2D eigenvalue weighted by atomic mass is 16.6. The second-order valence-electron chi connectivity index (χ2n) is 10.5. The second kappa shape index (κ2) is 26.1. The summed E-state index contributed by atoms with van der Waals surface area (Å²) in [6.07, 6.45) is 9.77. The number of nitrogens with one attached hydrogen (secondary N) is 4. The fourth-order valence-corrected chi connectivity index (χ4v) is 3.36. The van der Waals surface area contributed by atoms with Gasteiger partial charge in [-0.25, -0.2) is 0 Å². The first kappa shape index (κ1) is 42.9. The normalized spacial score (nSPS) is 9.69. The number of non-ortho nitro benzene ring substituents is 1. The summed E-state index contributed by atoms with van der Waals surface area (Å²) in [6.45, 7) is 14.0. The number of allylic oxidation sites excluding steroid dienone is 2. The average Bonchev–Trinajstić information content (AvgIpc) is 3.10. The number of benzene rings is 3. The van der Waals surface area contributed by atoms with E-state index in [-0.39, 0.29) is 17.3 Å². The van der Waals surface area contributed by atoms with Gasteiger partial charge in [-0.2, -0.15) is 0 Å². The Morgan fingerprint density at radius 3 is 1.46 bits per heavy atom. The lowest BCUT2D eigenvalue weighted by Crippen LogP contribution is -2.12. The number of nitrogens with zero attached hydrogens (tertiary/aromatic N) is 1. The Bertz CT molecular complexity index is 1370. The number of ketones is 2. The number of ether oxygens (including phenoxy) is 2. The molecule has 11 nitrogen and oxygen atoms in total. The van der Waals surface area contributed by atoms with Gasteiger partial charge in [0.05, 0.1) is 41.9 Å². The molecule has 48 heavy (non-hydrogen) atoms. The van der Waals surface area contributed by atoms with Crippen LogP contribution in [0.3, 0.4) is 0 Å². The molecule has 0 saturated carbocycles. The first-order valence-electron chi connectivity index (χ1n) is 16.3. The third-order valence-electron chi connectivity index (χ3n) is 6.39. The van der Waals surface area contributed by atoms with Crippen LogP contribution < -0.4 is 31.2 Å². The molecule has 11 heteroatoms. The summed E-state index contributed by atoms with van der Waals surface area (Å²) in [5, 5.41) is 10.8. The lowest BCUT2D eigenvalue weighted by Gasteiger charge is -2.18. The van der Waals surface area contributed by atoms with E-state index in [2.05, 4.69) is 49.4 Å². The van der Waals surface area contributed by atoms with Crippen LogP contribution in [0.5, 0.6) is 11.5 Å². The summed E-state index contributed by atoms with van der Waals surface area (Å²) in [5.74, 6) is 1.06. The summed E-state index contributed by atoms with van der Waals surface area (Å²) in [6, 6.07) is 17.6. The third kappa shape index (κ3) is 18.8. The SMILES string of the molecule is CCC(=O)/C=C\C(C)=O.CCCC.CCCCC.COc1cc(NNc2ccc([N+](=O)[O-])cc2)c(OC)cc1NNc1ccc(C)cc1. The summed E-state index contributed by atoms with van der Waals surface area (Å²) >= 11 is 0. The van der Waals surface area contributed by atoms with Crippen molar-refractivity contribution in [1.82, 2.24) is 0 Å². The van der Waals surface area contributed by atoms with Crippen LogP contribution in [0.25, 0.3) is 0 Å². The fraction of sp³-hybridized carbons (Fsp3) is 0.405. The average molecular weight is 666 g/mol. The predicted molar refractivity (Wildman–Crippen MR) is 199 cm³/mol. The molecule has 0 atom stereocenters. The molecular formula is C37H55N5O6. The molecule has 4 N–H and O–H groups in total. The lowest BCUT2D eigenvalue weighted by atomic mass is 10.2. The molecule has 3 aromatic rings. The number of hydrogen-bond donors (Lipinski definition) is 4. The Kier molecular flexibility index (Phi) is 23.3. The molecule has 264 valence electrons. The largest absolute Gasteiger partial charge is 0.494 e. The van der Waals surface area contributed by atoms with Gasteiger partial charge in [0.1, 0.15) is 11.5 Å². The van der Waals surface area contributed by atoms with E-state index in [0.717, 1.165) is 5.69 Å².